The number of aryl methyl sites for hydroxylation is 1. The van der Waals surface area contributed by atoms with Gasteiger partial charge in [-0.2, -0.15) is 5.10 Å². The number of nitrogens with zero attached hydrogens (tertiary/aromatic N) is 2. The van der Waals surface area contributed by atoms with Crippen molar-refractivity contribution in [2.75, 3.05) is 0 Å². The van der Waals surface area contributed by atoms with Gasteiger partial charge in [0.1, 0.15) is 0 Å². The second-order valence-electron chi connectivity index (χ2n) is 3.20. The van der Waals surface area contributed by atoms with Crippen LogP contribution in [0, 0.1) is 22.4 Å². The highest BCUT2D eigenvalue weighted by atomic mass is 79.9. The van der Waals surface area contributed by atoms with Gasteiger partial charge in [0.25, 0.3) is 5.69 Å². The lowest BCUT2D eigenvalue weighted by molar-refractivity contribution is -0.385. The second-order valence-corrected chi connectivity index (χ2v) is 4.06. The van der Waals surface area contributed by atoms with E-state index in [0.29, 0.717) is 5.56 Å². The maximum absolute atomic E-state index is 10.8. The molecule has 0 saturated carbocycles. The molecule has 0 aliphatic heterocycles. The third kappa shape index (κ3) is 4.30. The molecule has 0 radical (unpaired) electrons. The molecule has 1 aromatic rings. The molecule has 0 atom stereocenters. The molecule has 1 aromatic carbocycles. The highest BCUT2D eigenvalue weighted by Gasteiger charge is 2.14. The number of nitro groups is 1. The zero-order valence-corrected chi connectivity index (χ0v) is 11.7. The van der Waals surface area contributed by atoms with E-state index < -0.39 is 4.92 Å². The summed E-state index contributed by atoms with van der Waals surface area (Å²) in [6, 6.07) is 3.03. The van der Waals surface area contributed by atoms with E-state index in [0.717, 1.165) is 10.0 Å². The van der Waals surface area contributed by atoms with Crippen LogP contribution >= 0.6 is 28.3 Å². The van der Waals surface area contributed by atoms with E-state index >= 15 is 0 Å². The molecule has 0 saturated heterocycles. The van der Waals surface area contributed by atoms with Crippen molar-refractivity contribution < 1.29 is 4.92 Å². The molecule has 1 rings (SSSR count). The first kappa shape index (κ1) is 16.3. The summed E-state index contributed by atoms with van der Waals surface area (Å²) in [5.74, 6) is -0.338. The minimum Gasteiger partial charge on any atom is -0.369 e. The standard InChI is InChI=1S/C9H10BrN5O2.ClH/c1-5-2-8(15(16)17)6(3-7(5)10)4-13-14-9(11)12;/h2-4H,1H3,(H4,11,12,14);1H/b13-4+;. The van der Waals surface area contributed by atoms with Crippen LogP contribution in [0.4, 0.5) is 5.69 Å². The molecule has 7 nitrogen and oxygen atoms in total. The van der Waals surface area contributed by atoms with E-state index in [1.165, 1.54) is 12.3 Å². The number of halogens is 2. The highest BCUT2D eigenvalue weighted by Crippen LogP contribution is 2.25. The lowest BCUT2D eigenvalue weighted by Gasteiger charge is -2.02. The van der Waals surface area contributed by atoms with Crippen molar-refractivity contribution in [3.05, 3.63) is 37.8 Å². The van der Waals surface area contributed by atoms with Gasteiger partial charge in [0.05, 0.1) is 16.7 Å². The third-order valence-electron chi connectivity index (χ3n) is 1.89. The number of nitrogens with two attached hydrogens (primary N) is 1. The molecule has 18 heavy (non-hydrogen) atoms. The molecular formula is C9H11BrClN5O2. The number of nitrogens with one attached hydrogen (secondary N) is 2. The first-order valence-electron chi connectivity index (χ1n) is 4.49. The molecule has 0 aromatic heterocycles. The Hall–Kier alpha value is -1.67. The topological polar surface area (TPSA) is 117 Å². The fourth-order valence-corrected chi connectivity index (χ4v) is 1.48. The summed E-state index contributed by atoms with van der Waals surface area (Å²) in [7, 11) is 0. The van der Waals surface area contributed by atoms with Crippen molar-refractivity contribution in [1.29, 1.82) is 5.41 Å². The number of hydrogen-bond donors (Lipinski definition) is 3. The Morgan fingerprint density at radius 1 is 1.67 bits per heavy atom. The molecule has 98 valence electrons. The largest absolute Gasteiger partial charge is 0.369 e. The van der Waals surface area contributed by atoms with Crippen molar-refractivity contribution >= 4 is 46.2 Å². The van der Waals surface area contributed by atoms with E-state index in [9.17, 15) is 10.1 Å². The molecule has 0 amide bonds. The first-order chi connectivity index (χ1) is 7.91. The van der Waals surface area contributed by atoms with Gasteiger partial charge >= 0.3 is 0 Å². The molecule has 0 aliphatic rings. The van der Waals surface area contributed by atoms with Gasteiger partial charge in [0.15, 0.2) is 0 Å². The average Bonchev–Trinajstić information content (AvgIpc) is 2.22. The van der Waals surface area contributed by atoms with Crippen molar-refractivity contribution in [3.8, 4) is 0 Å². The number of guanidine groups is 1. The Morgan fingerprint density at radius 2 is 2.28 bits per heavy atom. The van der Waals surface area contributed by atoms with Gasteiger partial charge in [-0.1, -0.05) is 15.9 Å². The van der Waals surface area contributed by atoms with Crippen LogP contribution in [0.2, 0.25) is 0 Å². The van der Waals surface area contributed by atoms with E-state index in [1.807, 2.05) is 0 Å². The monoisotopic (exact) mass is 335 g/mol. The Kier molecular flexibility index (Phi) is 6.28. The Bertz CT molecular complexity index is 506. The minimum absolute atomic E-state index is 0. The number of benzene rings is 1. The fourth-order valence-electron chi connectivity index (χ4n) is 1.11. The van der Waals surface area contributed by atoms with Gasteiger partial charge in [0.2, 0.25) is 5.96 Å². The van der Waals surface area contributed by atoms with Crippen LogP contribution in [0.25, 0.3) is 0 Å². The van der Waals surface area contributed by atoms with E-state index in [-0.39, 0.29) is 24.1 Å². The second kappa shape index (κ2) is 6.92. The number of hydrogen-bond acceptors (Lipinski definition) is 4. The maximum Gasteiger partial charge on any atom is 0.278 e. The van der Waals surface area contributed by atoms with Gasteiger partial charge in [-0.3, -0.25) is 15.5 Å². The lowest BCUT2D eigenvalue weighted by atomic mass is 10.1. The molecule has 0 heterocycles. The molecule has 0 aliphatic carbocycles. The summed E-state index contributed by atoms with van der Waals surface area (Å²) < 4.78 is 0.743. The normalized spacial score (nSPS) is 9.89. The zero-order chi connectivity index (χ0) is 13.0. The number of hydrazone groups is 1. The molecule has 0 spiro atoms. The van der Waals surface area contributed by atoms with Crippen molar-refractivity contribution in [2.24, 2.45) is 10.8 Å². The highest BCUT2D eigenvalue weighted by molar-refractivity contribution is 9.10. The third-order valence-corrected chi connectivity index (χ3v) is 2.75. The Morgan fingerprint density at radius 3 is 2.78 bits per heavy atom. The molecule has 0 fully saturated rings. The van der Waals surface area contributed by atoms with Gasteiger partial charge in [-0.15, -0.1) is 12.4 Å². The summed E-state index contributed by atoms with van der Waals surface area (Å²) in [5.41, 5.74) is 8.23. The lowest BCUT2D eigenvalue weighted by Crippen LogP contribution is -2.25. The molecule has 9 heteroatoms. The van der Waals surface area contributed by atoms with Crippen LogP contribution in [0.5, 0.6) is 0 Å². The van der Waals surface area contributed by atoms with Crippen molar-refractivity contribution in [1.82, 2.24) is 5.43 Å². The van der Waals surface area contributed by atoms with Crippen LogP contribution in [0.15, 0.2) is 21.7 Å². The summed E-state index contributed by atoms with van der Waals surface area (Å²) in [5, 5.41) is 21.3. The molecule has 0 unspecified atom stereocenters. The summed E-state index contributed by atoms with van der Waals surface area (Å²) in [4.78, 5) is 10.3. The smallest absolute Gasteiger partial charge is 0.278 e. The van der Waals surface area contributed by atoms with Crippen LogP contribution < -0.4 is 11.2 Å². The number of nitro benzene ring substituents is 1. The molecular weight excluding hydrogens is 325 g/mol. The summed E-state index contributed by atoms with van der Waals surface area (Å²) >= 11 is 3.28. The predicted molar refractivity (Wildman–Crippen MR) is 75.4 cm³/mol. The quantitative estimate of drug-likeness (QED) is 0.338. The SMILES string of the molecule is Cc1cc([N+](=O)[O-])c(/C=N/NC(=N)N)cc1Br.Cl. The van der Waals surface area contributed by atoms with E-state index in [2.05, 4.69) is 26.5 Å². The Labute approximate surface area is 118 Å². The number of rotatable bonds is 3. The van der Waals surface area contributed by atoms with Gasteiger partial charge < -0.3 is 5.73 Å². The van der Waals surface area contributed by atoms with Crippen LogP contribution in [-0.2, 0) is 0 Å². The van der Waals surface area contributed by atoms with Gasteiger partial charge in [-0.25, -0.2) is 5.43 Å². The van der Waals surface area contributed by atoms with E-state index in [1.54, 1.807) is 13.0 Å². The maximum atomic E-state index is 10.8. The minimum atomic E-state index is -0.492. The van der Waals surface area contributed by atoms with Crippen molar-refractivity contribution in [2.45, 2.75) is 6.92 Å². The fraction of sp³-hybridized carbons (Fsp3) is 0.111. The van der Waals surface area contributed by atoms with Crippen LogP contribution in [-0.4, -0.2) is 17.1 Å². The van der Waals surface area contributed by atoms with Crippen LogP contribution in [0.1, 0.15) is 11.1 Å². The average molecular weight is 337 g/mol. The zero-order valence-electron chi connectivity index (χ0n) is 9.31. The predicted octanol–water partition coefficient (Wildman–Crippen LogP) is 1.90. The summed E-state index contributed by atoms with van der Waals surface area (Å²) in [6.07, 6.45) is 1.24. The molecule has 0 bridgehead atoms. The van der Waals surface area contributed by atoms with Gasteiger partial charge in [0, 0.05) is 10.5 Å². The first-order valence-corrected chi connectivity index (χ1v) is 5.28. The summed E-state index contributed by atoms with van der Waals surface area (Å²) in [6.45, 7) is 1.76. The van der Waals surface area contributed by atoms with Crippen LogP contribution in [0.3, 0.4) is 0 Å². The molecule has 4 N–H and O–H groups in total. The Balaban J connectivity index is 0.00000289. The van der Waals surface area contributed by atoms with Gasteiger partial charge in [-0.05, 0) is 18.6 Å². The van der Waals surface area contributed by atoms with E-state index in [4.69, 9.17) is 11.1 Å². The van der Waals surface area contributed by atoms with Crippen molar-refractivity contribution in [3.63, 3.8) is 0 Å².